The lowest BCUT2D eigenvalue weighted by Gasteiger charge is -2.35. The molecule has 3 amide bonds. The molecule has 2 aliphatic heterocycles. The average Bonchev–Trinajstić information content (AvgIpc) is 3.83. The van der Waals surface area contributed by atoms with Gasteiger partial charge in [0.05, 0.1) is 42.2 Å². The number of ether oxygens (including phenoxy) is 3. The molecule has 0 aliphatic carbocycles. The number of carbonyl (C=O) groups is 5. The lowest BCUT2D eigenvalue weighted by molar-refractivity contribution is 0.00893. The first-order valence-electron chi connectivity index (χ1n) is 16.7. The first-order valence-corrected chi connectivity index (χ1v) is 17.6. The van der Waals surface area contributed by atoms with E-state index in [2.05, 4.69) is 30.8 Å². The van der Waals surface area contributed by atoms with Gasteiger partial charge in [-0.25, -0.2) is 19.5 Å². The standard InChI is InChI=1S/C34H36Cl2N10O8/c1-7-52-31(50)45-23-18(16-43(29(35)49)33(23,3)4)25(41-45)40-28(48)21-13-11-14-22(38-21)54-30(36)44-17-19-24(34(44,5)6)46(32(51)53-8-2)42-26(19)39-27(47)20-12-9-10-15-37-20/h9-15,30H,7-8,16-17H2,1-6H3,(H,39,42,47)(H,40,41,48)/t30-/m0/s1. The number of carbonyl (C=O) groups excluding carboxylic acids is 5. The maximum absolute atomic E-state index is 13.6. The van der Waals surface area contributed by atoms with Crippen LogP contribution in [0.25, 0.3) is 0 Å². The van der Waals surface area contributed by atoms with Crippen molar-refractivity contribution in [1.29, 1.82) is 0 Å². The third-order valence-electron chi connectivity index (χ3n) is 9.04. The van der Waals surface area contributed by atoms with E-state index in [0.717, 1.165) is 9.36 Å². The number of nitrogens with zero attached hydrogens (tertiary/aromatic N) is 8. The molecule has 54 heavy (non-hydrogen) atoms. The highest BCUT2D eigenvalue weighted by atomic mass is 35.5. The molecule has 0 saturated heterocycles. The van der Waals surface area contributed by atoms with E-state index in [1.54, 1.807) is 64.6 Å². The van der Waals surface area contributed by atoms with Crippen molar-refractivity contribution in [2.24, 2.45) is 0 Å². The van der Waals surface area contributed by atoms with Crippen LogP contribution < -0.4 is 15.4 Å². The summed E-state index contributed by atoms with van der Waals surface area (Å²) in [6, 6.07) is 9.36. The highest BCUT2D eigenvalue weighted by Gasteiger charge is 2.49. The molecule has 6 heterocycles. The zero-order chi connectivity index (χ0) is 39.1. The average molecular weight is 784 g/mol. The molecule has 4 aromatic heterocycles. The summed E-state index contributed by atoms with van der Waals surface area (Å²) in [7, 11) is 0. The predicted octanol–water partition coefficient (Wildman–Crippen LogP) is 5.45. The second kappa shape index (κ2) is 14.7. The van der Waals surface area contributed by atoms with Crippen LogP contribution in [0.1, 0.15) is 85.0 Å². The maximum atomic E-state index is 13.6. The fraction of sp³-hybridized carbons (Fsp3) is 0.382. The number of nitrogens with one attached hydrogen (secondary N) is 2. The van der Waals surface area contributed by atoms with E-state index in [1.165, 1.54) is 29.3 Å². The summed E-state index contributed by atoms with van der Waals surface area (Å²) in [6.07, 6.45) is -0.0657. The van der Waals surface area contributed by atoms with Gasteiger partial charge in [-0.2, -0.15) is 9.36 Å². The Morgan fingerprint density at radius 3 is 1.91 bits per heavy atom. The van der Waals surface area contributed by atoms with E-state index in [0.29, 0.717) is 22.5 Å². The third kappa shape index (κ3) is 6.83. The quantitative estimate of drug-likeness (QED) is 0.123. The topological polar surface area (TPSA) is 205 Å². The molecular formula is C34H36Cl2N10O8. The summed E-state index contributed by atoms with van der Waals surface area (Å²) in [5.74, 6) is -1.13. The molecule has 0 fully saturated rings. The molecule has 4 aromatic rings. The number of rotatable bonds is 9. The van der Waals surface area contributed by atoms with Gasteiger partial charge in [-0.3, -0.25) is 19.4 Å². The number of hydrogen-bond donors (Lipinski definition) is 2. The van der Waals surface area contributed by atoms with Crippen LogP contribution in [-0.4, -0.2) is 87.6 Å². The maximum Gasteiger partial charge on any atom is 0.435 e. The van der Waals surface area contributed by atoms with E-state index >= 15 is 0 Å². The van der Waals surface area contributed by atoms with Crippen LogP contribution in [0.2, 0.25) is 0 Å². The van der Waals surface area contributed by atoms with E-state index < -0.39 is 46.1 Å². The van der Waals surface area contributed by atoms with E-state index in [9.17, 15) is 24.0 Å². The molecule has 1 atom stereocenters. The number of anilines is 2. The van der Waals surface area contributed by atoms with Gasteiger partial charge in [-0.05, 0) is 71.3 Å². The van der Waals surface area contributed by atoms with Gasteiger partial charge in [0.25, 0.3) is 11.8 Å². The number of amides is 3. The van der Waals surface area contributed by atoms with Crippen molar-refractivity contribution >= 4 is 64.2 Å². The molecule has 0 spiro atoms. The van der Waals surface area contributed by atoms with Gasteiger partial charge in [0.1, 0.15) is 11.4 Å². The van der Waals surface area contributed by atoms with Crippen LogP contribution in [0.4, 0.5) is 26.0 Å². The highest BCUT2D eigenvalue weighted by molar-refractivity contribution is 6.62. The fourth-order valence-corrected chi connectivity index (χ4v) is 7.17. The normalized spacial score (nSPS) is 15.9. The van der Waals surface area contributed by atoms with Gasteiger partial charge in [-0.1, -0.05) is 23.7 Å². The molecule has 0 saturated carbocycles. The first-order chi connectivity index (χ1) is 25.6. The van der Waals surface area contributed by atoms with Gasteiger partial charge in [0, 0.05) is 29.9 Å². The van der Waals surface area contributed by atoms with Crippen molar-refractivity contribution in [3.05, 3.63) is 76.5 Å². The summed E-state index contributed by atoms with van der Waals surface area (Å²) in [6.45, 7) is 10.5. The summed E-state index contributed by atoms with van der Waals surface area (Å²) in [5, 5.41) is 13.3. The highest BCUT2D eigenvalue weighted by Crippen LogP contribution is 2.45. The molecule has 0 aromatic carbocycles. The predicted molar refractivity (Wildman–Crippen MR) is 192 cm³/mol. The third-order valence-corrected chi connectivity index (χ3v) is 9.57. The second-order valence-electron chi connectivity index (χ2n) is 13.1. The molecule has 18 nitrogen and oxygen atoms in total. The van der Waals surface area contributed by atoms with Crippen LogP contribution in [-0.2, 0) is 33.6 Å². The second-order valence-corrected chi connectivity index (χ2v) is 13.7. The summed E-state index contributed by atoms with van der Waals surface area (Å²) >= 11 is 12.7. The molecule has 6 rings (SSSR count). The summed E-state index contributed by atoms with van der Waals surface area (Å²) in [5.41, 5.74) is -1.56. The van der Waals surface area contributed by atoms with Crippen LogP contribution in [0.15, 0.2) is 42.6 Å². The van der Waals surface area contributed by atoms with Gasteiger partial charge in [0.15, 0.2) is 11.6 Å². The fourth-order valence-electron chi connectivity index (χ4n) is 6.50. The Morgan fingerprint density at radius 1 is 0.796 bits per heavy atom. The zero-order valence-corrected chi connectivity index (χ0v) is 31.6. The Labute approximate surface area is 318 Å². The van der Waals surface area contributed by atoms with Crippen molar-refractivity contribution in [2.45, 2.75) is 71.4 Å². The van der Waals surface area contributed by atoms with Gasteiger partial charge < -0.3 is 29.7 Å². The number of hydrogen-bond acceptors (Lipinski definition) is 13. The SMILES string of the molecule is CCOC(=O)n1nc(NC(=O)c2cccc(O[C@@H](Cl)N3Cc4c(NC(=O)c5ccccn5)nn(C(=O)OCC)c4C3(C)C)n2)c2c1C(C)(C)N(C(=O)Cl)C2. The van der Waals surface area contributed by atoms with Gasteiger partial charge >= 0.3 is 17.6 Å². The number of alkyl halides is 1. The Hall–Kier alpha value is -5.59. The Balaban J connectivity index is 1.23. The van der Waals surface area contributed by atoms with Crippen LogP contribution >= 0.6 is 23.2 Å². The first kappa shape index (κ1) is 38.1. The molecule has 2 N–H and O–H groups in total. The van der Waals surface area contributed by atoms with Crippen LogP contribution in [0.3, 0.4) is 0 Å². The lowest BCUT2D eigenvalue weighted by atomic mass is 10.0. The van der Waals surface area contributed by atoms with Crippen LogP contribution in [0, 0.1) is 0 Å². The minimum absolute atomic E-state index is 0.0121. The van der Waals surface area contributed by atoms with Gasteiger partial charge in [0.2, 0.25) is 11.6 Å². The van der Waals surface area contributed by atoms with Crippen molar-refractivity contribution in [3.63, 3.8) is 0 Å². The molecule has 2 aliphatic rings. The van der Waals surface area contributed by atoms with Crippen molar-refractivity contribution in [3.8, 4) is 5.88 Å². The smallest absolute Gasteiger partial charge is 0.435 e. The number of pyridine rings is 2. The van der Waals surface area contributed by atoms with Gasteiger partial charge in [-0.15, -0.1) is 10.2 Å². The molecular weight excluding hydrogens is 747 g/mol. The number of aromatic nitrogens is 6. The van der Waals surface area contributed by atoms with E-state index in [4.69, 9.17) is 37.4 Å². The van der Waals surface area contributed by atoms with E-state index in [1.807, 2.05) is 0 Å². The Bertz CT molecular complexity index is 2150. The summed E-state index contributed by atoms with van der Waals surface area (Å²) < 4.78 is 18.5. The minimum Gasteiger partial charge on any atom is -0.448 e. The molecule has 0 bridgehead atoms. The molecule has 284 valence electrons. The molecule has 0 unspecified atom stereocenters. The van der Waals surface area contributed by atoms with Crippen molar-refractivity contribution in [2.75, 3.05) is 23.8 Å². The largest absolute Gasteiger partial charge is 0.448 e. The molecule has 0 radical (unpaired) electrons. The number of fused-ring (bicyclic) bond motifs is 2. The summed E-state index contributed by atoms with van der Waals surface area (Å²) in [4.78, 5) is 76.2. The monoisotopic (exact) mass is 782 g/mol. The number of halogens is 2. The lowest BCUT2D eigenvalue weighted by Crippen LogP contribution is -2.45. The van der Waals surface area contributed by atoms with E-state index in [-0.39, 0.29) is 55.2 Å². The van der Waals surface area contributed by atoms with Crippen molar-refractivity contribution in [1.82, 2.24) is 39.3 Å². The molecule has 20 heteroatoms. The minimum atomic E-state index is -1.21. The van der Waals surface area contributed by atoms with Crippen LogP contribution in [0.5, 0.6) is 5.88 Å². The zero-order valence-electron chi connectivity index (χ0n) is 30.0. The Kier molecular flexibility index (Phi) is 10.4. The Morgan fingerprint density at radius 2 is 1.35 bits per heavy atom. The van der Waals surface area contributed by atoms with Crippen molar-refractivity contribution < 1.29 is 38.2 Å².